The van der Waals surface area contributed by atoms with Crippen LogP contribution >= 0.6 is 0 Å². The number of hydrogen-bond donors (Lipinski definition) is 0. The topological polar surface area (TPSA) is 38.8 Å². The number of ether oxygens (including phenoxy) is 2. The molecule has 1 heterocycles. The molecule has 1 atom stereocenters. The monoisotopic (exact) mass is 303 g/mol. The molecule has 0 spiro atoms. The normalized spacial score (nSPS) is 16.9. The summed E-state index contributed by atoms with van der Waals surface area (Å²) in [6, 6.07) is 5.90. The molecule has 0 radical (unpaired) electrons. The quantitative estimate of drug-likeness (QED) is 0.726. The number of carbonyl (C=O) groups is 1. The van der Waals surface area contributed by atoms with Gasteiger partial charge < -0.3 is 14.4 Å². The molecule has 1 aromatic rings. The highest BCUT2D eigenvalue weighted by atomic mass is 16.5. The number of amides is 1. The maximum atomic E-state index is 12.6. The molecule has 0 aromatic heterocycles. The molecule has 0 saturated heterocycles. The highest BCUT2D eigenvalue weighted by Gasteiger charge is 2.24. The van der Waals surface area contributed by atoms with Crippen molar-refractivity contribution in [2.24, 2.45) is 0 Å². The number of nitrogens with zero attached hydrogens (tertiary/aromatic N) is 1. The lowest BCUT2D eigenvalue weighted by molar-refractivity contribution is -0.130. The molecule has 0 saturated carbocycles. The van der Waals surface area contributed by atoms with Crippen molar-refractivity contribution in [1.29, 1.82) is 0 Å². The molecule has 0 fully saturated rings. The average Bonchev–Trinajstić information content (AvgIpc) is 3.01. The van der Waals surface area contributed by atoms with Gasteiger partial charge in [-0.15, -0.1) is 0 Å². The fraction of sp³-hybridized carbons (Fsp3) is 0.500. The SMILES string of the molecule is CCCCC1C=CCN1C(=O)Cc1ccc(OC)c(OC)c1. The highest BCUT2D eigenvalue weighted by Crippen LogP contribution is 2.28. The zero-order valence-corrected chi connectivity index (χ0v) is 13.7. The molecule has 1 aliphatic rings. The van der Waals surface area contributed by atoms with Crippen molar-refractivity contribution in [3.63, 3.8) is 0 Å². The van der Waals surface area contributed by atoms with E-state index in [0.29, 0.717) is 17.9 Å². The van der Waals surface area contributed by atoms with Crippen molar-refractivity contribution in [3.8, 4) is 11.5 Å². The van der Waals surface area contributed by atoms with E-state index in [-0.39, 0.29) is 11.9 Å². The fourth-order valence-corrected chi connectivity index (χ4v) is 2.79. The van der Waals surface area contributed by atoms with Gasteiger partial charge in [0.1, 0.15) is 0 Å². The lowest BCUT2D eigenvalue weighted by atomic mass is 10.1. The predicted molar refractivity (Wildman–Crippen MR) is 87.4 cm³/mol. The van der Waals surface area contributed by atoms with Crippen molar-refractivity contribution in [3.05, 3.63) is 35.9 Å². The Morgan fingerprint density at radius 2 is 2.05 bits per heavy atom. The lowest BCUT2D eigenvalue weighted by Crippen LogP contribution is -2.37. The van der Waals surface area contributed by atoms with Gasteiger partial charge in [0.25, 0.3) is 0 Å². The summed E-state index contributed by atoms with van der Waals surface area (Å²) in [7, 11) is 3.21. The van der Waals surface area contributed by atoms with E-state index in [2.05, 4.69) is 19.1 Å². The van der Waals surface area contributed by atoms with E-state index in [9.17, 15) is 4.79 Å². The summed E-state index contributed by atoms with van der Waals surface area (Å²) in [6.07, 6.45) is 7.99. The second-order valence-corrected chi connectivity index (χ2v) is 5.55. The van der Waals surface area contributed by atoms with E-state index >= 15 is 0 Å². The Balaban J connectivity index is 2.02. The molecule has 1 unspecified atom stereocenters. The van der Waals surface area contributed by atoms with Gasteiger partial charge in [-0.1, -0.05) is 38.0 Å². The van der Waals surface area contributed by atoms with Crippen molar-refractivity contribution < 1.29 is 14.3 Å². The molecule has 22 heavy (non-hydrogen) atoms. The summed E-state index contributed by atoms with van der Waals surface area (Å²) in [4.78, 5) is 14.5. The van der Waals surface area contributed by atoms with Crippen LogP contribution in [0.15, 0.2) is 30.4 Å². The van der Waals surface area contributed by atoms with Crippen LogP contribution in [0, 0.1) is 0 Å². The van der Waals surface area contributed by atoms with Gasteiger partial charge in [-0.3, -0.25) is 4.79 Å². The van der Waals surface area contributed by atoms with Crippen LogP contribution in [0.25, 0.3) is 0 Å². The first-order chi connectivity index (χ1) is 10.7. The molecule has 0 aliphatic carbocycles. The highest BCUT2D eigenvalue weighted by molar-refractivity contribution is 5.80. The fourth-order valence-electron chi connectivity index (χ4n) is 2.79. The Labute approximate surface area is 132 Å². The van der Waals surface area contributed by atoms with Crippen molar-refractivity contribution in [2.75, 3.05) is 20.8 Å². The van der Waals surface area contributed by atoms with Crippen molar-refractivity contribution >= 4 is 5.91 Å². The van der Waals surface area contributed by atoms with Gasteiger partial charge in [-0.05, 0) is 24.1 Å². The van der Waals surface area contributed by atoms with Crippen LogP contribution in [-0.2, 0) is 11.2 Å². The zero-order chi connectivity index (χ0) is 15.9. The average molecular weight is 303 g/mol. The van der Waals surface area contributed by atoms with Crippen molar-refractivity contribution in [1.82, 2.24) is 4.90 Å². The van der Waals surface area contributed by atoms with Gasteiger partial charge in [-0.25, -0.2) is 0 Å². The molecule has 120 valence electrons. The van der Waals surface area contributed by atoms with Gasteiger partial charge in [0.05, 0.1) is 26.7 Å². The van der Waals surface area contributed by atoms with Crippen LogP contribution in [-0.4, -0.2) is 37.6 Å². The van der Waals surface area contributed by atoms with Crippen LogP contribution in [0.4, 0.5) is 0 Å². The van der Waals surface area contributed by atoms with Crippen LogP contribution < -0.4 is 9.47 Å². The summed E-state index contributed by atoms with van der Waals surface area (Å²) in [6.45, 7) is 2.90. The van der Waals surface area contributed by atoms with Gasteiger partial charge in [0, 0.05) is 6.54 Å². The van der Waals surface area contributed by atoms with Crippen LogP contribution in [0.3, 0.4) is 0 Å². The molecule has 4 heteroatoms. The molecule has 1 aliphatic heterocycles. The van der Waals surface area contributed by atoms with Crippen LogP contribution in [0.1, 0.15) is 31.7 Å². The maximum Gasteiger partial charge on any atom is 0.227 e. The van der Waals surface area contributed by atoms with E-state index in [4.69, 9.17) is 9.47 Å². The number of carbonyl (C=O) groups excluding carboxylic acids is 1. The van der Waals surface area contributed by atoms with Crippen LogP contribution in [0.2, 0.25) is 0 Å². The van der Waals surface area contributed by atoms with E-state index in [0.717, 1.165) is 31.4 Å². The lowest BCUT2D eigenvalue weighted by Gasteiger charge is -2.24. The maximum absolute atomic E-state index is 12.6. The molecular formula is C18H25NO3. The minimum absolute atomic E-state index is 0.165. The number of rotatable bonds is 7. The number of hydrogen-bond acceptors (Lipinski definition) is 3. The summed E-state index contributed by atoms with van der Waals surface area (Å²) in [5.74, 6) is 1.51. The Morgan fingerprint density at radius 1 is 1.27 bits per heavy atom. The zero-order valence-electron chi connectivity index (χ0n) is 13.7. The third-order valence-corrected chi connectivity index (χ3v) is 4.04. The van der Waals surface area contributed by atoms with Gasteiger partial charge in [0.15, 0.2) is 11.5 Å². The Bertz CT molecular complexity index is 539. The second-order valence-electron chi connectivity index (χ2n) is 5.55. The summed E-state index contributed by atoms with van der Waals surface area (Å²) < 4.78 is 10.5. The molecule has 1 aromatic carbocycles. The first kappa shape index (κ1) is 16.4. The Hall–Kier alpha value is -1.97. The molecule has 2 rings (SSSR count). The van der Waals surface area contributed by atoms with E-state index in [1.165, 1.54) is 0 Å². The van der Waals surface area contributed by atoms with E-state index in [1.807, 2.05) is 23.1 Å². The summed E-state index contributed by atoms with van der Waals surface area (Å²) in [5.41, 5.74) is 0.948. The number of methoxy groups -OCH3 is 2. The molecule has 0 N–H and O–H groups in total. The van der Waals surface area contributed by atoms with Crippen molar-refractivity contribution in [2.45, 2.75) is 38.6 Å². The second kappa shape index (κ2) is 7.87. The van der Waals surface area contributed by atoms with E-state index < -0.39 is 0 Å². The summed E-state index contributed by atoms with van der Waals surface area (Å²) in [5, 5.41) is 0. The predicted octanol–water partition coefficient (Wildman–Crippen LogP) is 3.20. The van der Waals surface area contributed by atoms with E-state index in [1.54, 1.807) is 14.2 Å². The third kappa shape index (κ3) is 3.81. The largest absolute Gasteiger partial charge is 0.493 e. The smallest absolute Gasteiger partial charge is 0.227 e. The number of unbranched alkanes of at least 4 members (excludes halogenated alkanes) is 1. The molecular weight excluding hydrogens is 278 g/mol. The Morgan fingerprint density at radius 3 is 2.73 bits per heavy atom. The molecule has 1 amide bonds. The minimum Gasteiger partial charge on any atom is -0.493 e. The number of benzene rings is 1. The van der Waals surface area contributed by atoms with Gasteiger partial charge in [0.2, 0.25) is 5.91 Å². The minimum atomic E-state index is 0.165. The molecule has 4 nitrogen and oxygen atoms in total. The first-order valence-corrected chi connectivity index (χ1v) is 7.86. The first-order valence-electron chi connectivity index (χ1n) is 7.86. The summed E-state index contributed by atoms with van der Waals surface area (Å²) >= 11 is 0. The van der Waals surface area contributed by atoms with Gasteiger partial charge in [-0.2, -0.15) is 0 Å². The molecule has 0 bridgehead atoms. The third-order valence-electron chi connectivity index (χ3n) is 4.04. The van der Waals surface area contributed by atoms with Crippen LogP contribution in [0.5, 0.6) is 11.5 Å². The van der Waals surface area contributed by atoms with Gasteiger partial charge >= 0.3 is 0 Å². The Kier molecular flexibility index (Phi) is 5.87. The standard InChI is InChI=1S/C18H25NO3/c1-4-5-7-15-8-6-11-19(15)18(20)13-14-9-10-16(21-2)17(12-14)22-3/h6,8-10,12,15H,4-5,7,11,13H2,1-3H3.